The number of hydrogen-bond acceptors (Lipinski definition) is 4. The van der Waals surface area contributed by atoms with Crippen LogP contribution in [0.3, 0.4) is 0 Å². The Morgan fingerprint density at radius 2 is 1.89 bits per heavy atom. The molecule has 2 amide bonds. The Labute approximate surface area is 215 Å². The van der Waals surface area contributed by atoms with Crippen molar-refractivity contribution in [2.75, 3.05) is 5.32 Å². The number of benzene rings is 2. The molecule has 2 N–H and O–H groups in total. The lowest BCUT2D eigenvalue weighted by atomic mass is 9.83. The number of nitrogens with one attached hydrogen (secondary N) is 2. The van der Waals surface area contributed by atoms with Gasteiger partial charge in [-0.1, -0.05) is 19.4 Å². The third kappa shape index (κ3) is 4.83. The molecule has 3 aromatic rings. The van der Waals surface area contributed by atoms with Crippen molar-refractivity contribution in [3.05, 3.63) is 57.8 Å². The van der Waals surface area contributed by atoms with E-state index in [1.54, 1.807) is 0 Å². The Hall–Kier alpha value is -3.01. The zero-order valence-electron chi connectivity index (χ0n) is 20.4. The molecule has 2 aliphatic rings. The summed E-state index contributed by atoms with van der Waals surface area (Å²) in [5.41, 5.74) is 0.708. The number of aromatic nitrogens is 1. The van der Waals surface area contributed by atoms with Crippen LogP contribution in [0, 0.1) is 30.5 Å². The summed E-state index contributed by atoms with van der Waals surface area (Å²) >= 11 is 1.46. The van der Waals surface area contributed by atoms with E-state index in [9.17, 15) is 27.2 Å². The molecule has 2 aromatic carbocycles. The fourth-order valence-corrected chi connectivity index (χ4v) is 7.00. The summed E-state index contributed by atoms with van der Waals surface area (Å²) in [7, 11) is 0. The third-order valence-electron chi connectivity index (χ3n) is 7.55. The number of amides is 2. The number of nitrogens with zero attached hydrogens (tertiary/aromatic N) is 1. The van der Waals surface area contributed by atoms with Crippen LogP contribution in [0.5, 0.6) is 0 Å². The van der Waals surface area contributed by atoms with Gasteiger partial charge >= 0.3 is 6.18 Å². The van der Waals surface area contributed by atoms with Crippen LogP contribution in [-0.2, 0) is 17.4 Å². The van der Waals surface area contributed by atoms with Crippen LogP contribution in [0.1, 0.15) is 59.1 Å². The third-order valence-corrected chi connectivity index (χ3v) is 8.56. The lowest BCUT2D eigenvalue weighted by Crippen LogP contribution is -2.48. The molecule has 5 rings (SSSR count). The highest BCUT2D eigenvalue weighted by Gasteiger charge is 2.51. The average Bonchev–Trinajstić information content (AvgIpc) is 3.53. The van der Waals surface area contributed by atoms with E-state index in [4.69, 9.17) is 0 Å². The zero-order valence-corrected chi connectivity index (χ0v) is 21.2. The molecule has 10 heteroatoms. The fraction of sp³-hybridized carbons (Fsp3) is 0.444. The average molecular weight is 534 g/mol. The van der Waals surface area contributed by atoms with Gasteiger partial charge in [-0.2, -0.15) is 13.2 Å². The first kappa shape index (κ1) is 25.6. The minimum Gasteiger partial charge on any atom is -0.348 e. The predicted octanol–water partition coefficient (Wildman–Crippen LogP) is 6.50. The van der Waals surface area contributed by atoms with Gasteiger partial charge in [0.15, 0.2) is 0 Å². The zero-order chi connectivity index (χ0) is 26.5. The van der Waals surface area contributed by atoms with E-state index in [0.717, 1.165) is 59.0 Å². The van der Waals surface area contributed by atoms with Crippen LogP contribution in [0.4, 0.5) is 23.2 Å². The standard InChI is InChI=1S/C27H27F4N3O2S/c1-3-4-14-7-10-20-24(37-13(2)32-20)22(14)26(36)34-23-16-6-5-15(11-16)21(23)25(35)33-17-8-9-19(28)18(12-17)27(29,30)31/h7-10,12,15-16,21,23H,3-6,11H2,1-2H3,(H,33,35)(H,34,36). The van der Waals surface area contributed by atoms with Crippen LogP contribution in [-0.4, -0.2) is 22.8 Å². The molecule has 4 unspecified atom stereocenters. The Morgan fingerprint density at radius 1 is 1.14 bits per heavy atom. The van der Waals surface area contributed by atoms with Gasteiger partial charge < -0.3 is 10.6 Å². The quantitative estimate of drug-likeness (QED) is 0.356. The first-order valence-corrected chi connectivity index (χ1v) is 13.3. The van der Waals surface area contributed by atoms with Crippen LogP contribution >= 0.6 is 11.3 Å². The number of thiazole rings is 1. The largest absolute Gasteiger partial charge is 0.419 e. The van der Waals surface area contributed by atoms with Crippen molar-refractivity contribution >= 4 is 39.1 Å². The Morgan fingerprint density at radius 3 is 2.62 bits per heavy atom. The molecule has 2 saturated carbocycles. The molecule has 5 nitrogen and oxygen atoms in total. The van der Waals surface area contributed by atoms with Gasteiger partial charge in [0.2, 0.25) is 5.91 Å². The molecule has 1 heterocycles. The van der Waals surface area contributed by atoms with Gasteiger partial charge in [-0.05, 0) is 74.3 Å². The highest BCUT2D eigenvalue weighted by Crippen LogP contribution is 2.49. The maximum Gasteiger partial charge on any atom is 0.419 e. The molecule has 0 spiro atoms. The van der Waals surface area contributed by atoms with Gasteiger partial charge in [-0.15, -0.1) is 11.3 Å². The number of carbonyl (C=O) groups excluding carboxylic acids is 2. The van der Waals surface area contributed by atoms with Crippen LogP contribution in [0.2, 0.25) is 0 Å². The Kier molecular flexibility index (Phi) is 6.72. The number of aryl methyl sites for hydroxylation is 2. The van der Waals surface area contributed by atoms with Crippen molar-refractivity contribution in [1.29, 1.82) is 0 Å². The van der Waals surface area contributed by atoms with E-state index < -0.39 is 35.4 Å². The molecule has 0 radical (unpaired) electrons. The second kappa shape index (κ2) is 9.70. The molecule has 2 bridgehead atoms. The van der Waals surface area contributed by atoms with Gasteiger partial charge in [-0.25, -0.2) is 9.37 Å². The molecular formula is C27H27F4N3O2S. The van der Waals surface area contributed by atoms with Crippen molar-refractivity contribution in [2.24, 2.45) is 17.8 Å². The topological polar surface area (TPSA) is 71.1 Å². The maximum absolute atomic E-state index is 13.7. The van der Waals surface area contributed by atoms with Gasteiger partial charge in [0.05, 0.1) is 32.3 Å². The molecule has 1 aromatic heterocycles. The first-order chi connectivity index (χ1) is 17.6. The molecule has 4 atom stereocenters. The molecule has 0 aliphatic heterocycles. The number of carbonyl (C=O) groups is 2. The monoisotopic (exact) mass is 533 g/mol. The lowest BCUT2D eigenvalue weighted by molar-refractivity contribution is -0.140. The summed E-state index contributed by atoms with van der Waals surface area (Å²) in [6.07, 6.45) is -0.828. The van der Waals surface area contributed by atoms with Crippen LogP contribution in [0.25, 0.3) is 10.2 Å². The van der Waals surface area contributed by atoms with E-state index in [2.05, 4.69) is 15.6 Å². The van der Waals surface area contributed by atoms with Crippen LogP contribution in [0.15, 0.2) is 30.3 Å². The maximum atomic E-state index is 13.7. The molecule has 2 aliphatic carbocycles. The van der Waals surface area contributed by atoms with E-state index >= 15 is 0 Å². The molecular weight excluding hydrogens is 506 g/mol. The van der Waals surface area contributed by atoms with E-state index in [1.165, 1.54) is 11.3 Å². The summed E-state index contributed by atoms with van der Waals surface area (Å²) in [4.78, 5) is 31.5. The van der Waals surface area contributed by atoms with Crippen molar-refractivity contribution in [3.63, 3.8) is 0 Å². The van der Waals surface area contributed by atoms with Gasteiger partial charge in [0.1, 0.15) is 5.82 Å². The van der Waals surface area contributed by atoms with Crippen LogP contribution < -0.4 is 10.6 Å². The number of fused-ring (bicyclic) bond motifs is 3. The van der Waals surface area contributed by atoms with Crippen molar-refractivity contribution in [1.82, 2.24) is 10.3 Å². The Balaban J connectivity index is 1.41. The highest BCUT2D eigenvalue weighted by molar-refractivity contribution is 7.19. The molecule has 0 saturated heterocycles. The number of halogens is 4. The first-order valence-electron chi connectivity index (χ1n) is 12.4. The summed E-state index contributed by atoms with van der Waals surface area (Å²) in [5, 5.41) is 6.53. The molecule has 196 valence electrons. The smallest absolute Gasteiger partial charge is 0.348 e. The highest BCUT2D eigenvalue weighted by atomic mass is 32.1. The van der Waals surface area contributed by atoms with E-state index in [1.807, 2.05) is 26.0 Å². The summed E-state index contributed by atoms with van der Waals surface area (Å²) < 4.78 is 54.0. The number of rotatable bonds is 6. The minimum absolute atomic E-state index is 0.0226. The summed E-state index contributed by atoms with van der Waals surface area (Å²) in [6, 6.07) is 5.84. The SMILES string of the molecule is CCCc1ccc2nc(C)sc2c1C(=O)NC1C2CCC(C2)C1C(=O)Nc1ccc(F)c(C(F)(F)F)c1. The van der Waals surface area contributed by atoms with E-state index in [-0.39, 0.29) is 23.4 Å². The number of hydrogen-bond donors (Lipinski definition) is 2. The predicted molar refractivity (Wildman–Crippen MR) is 134 cm³/mol. The molecule has 2 fully saturated rings. The van der Waals surface area contributed by atoms with Crippen molar-refractivity contribution in [3.8, 4) is 0 Å². The minimum atomic E-state index is -4.88. The van der Waals surface area contributed by atoms with Gasteiger partial charge in [0, 0.05) is 11.7 Å². The van der Waals surface area contributed by atoms with Gasteiger partial charge in [0.25, 0.3) is 5.91 Å². The van der Waals surface area contributed by atoms with E-state index in [0.29, 0.717) is 17.7 Å². The van der Waals surface area contributed by atoms with Gasteiger partial charge in [-0.3, -0.25) is 9.59 Å². The van der Waals surface area contributed by atoms with Crippen molar-refractivity contribution in [2.45, 2.75) is 58.2 Å². The second-order valence-electron chi connectivity index (χ2n) is 9.97. The normalized spacial score (nSPS) is 23.0. The second-order valence-corrected chi connectivity index (χ2v) is 11.2. The Bertz CT molecular complexity index is 1370. The summed E-state index contributed by atoms with van der Waals surface area (Å²) in [5.74, 6) is -2.56. The molecule has 37 heavy (non-hydrogen) atoms. The fourth-order valence-electron chi connectivity index (χ4n) is 6.02. The summed E-state index contributed by atoms with van der Waals surface area (Å²) in [6.45, 7) is 3.93. The lowest BCUT2D eigenvalue weighted by Gasteiger charge is -2.31. The number of alkyl halides is 3. The number of anilines is 1. The van der Waals surface area contributed by atoms with Crippen molar-refractivity contribution < 1.29 is 27.2 Å².